The fourth-order valence-corrected chi connectivity index (χ4v) is 5.55. The summed E-state index contributed by atoms with van der Waals surface area (Å²) in [6.07, 6.45) is 5.48. The van der Waals surface area contributed by atoms with Crippen LogP contribution in [-0.4, -0.2) is 42.5 Å². The van der Waals surface area contributed by atoms with Crippen LogP contribution in [0, 0.1) is 6.92 Å². The Labute approximate surface area is 171 Å². The van der Waals surface area contributed by atoms with Crippen LogP contribution in [-0.2, 0) is 21.2 Å². The van der Waals surface area contributed by atoms with E-state index in [4.69, 9.17) is 0 Å². The number of amides is 1. The van der Waals surface area contributed by atoms with Crippen molar-refractivity contribution in [2.24, 2.45) is 0 Å². The summed E-state index contributed by atoms with van der Waals surface area (Å²) in [6, 6.07) is 7.69. The highest BCUT2D eigenvalue weighted by molar-refractivity contribution is 7.88. The predicted molar refractivity (Wildman–Crippen MR) is 114 cm³/mol. The smallest absolute Gasteiger partial charge is 0.244 e. The molecule has 152 valence electrons. The van der Waals surface area contributed by atoms with E-state index in [1.807, 2.05) is 6.92 Å². The number of nitrogens with one attached hydrogen (secondary N) is 1. The number of piperidine rings is 1. The molecule has 1 aliphatic rings. The van der Waals surface area contributed by atoms with Gasteiger partial charge in [0.1, 0.15) is 6.04 Å². The second-order valence-corrected chi connectivity index (χ2v) is 10.4. The first-order valence-corrected chi connectivity index (χ1v) is 12.3. The summed E-state index contributed by atoms with van der Waals surface area (Å²) in [5.41, 5.74) is 3.17. The minimum Gasteiger partial charge on any atom is -0.301 e. The quantitative estimate of drug-likeness (QED) is 0.769. The Morgan fingerprint density at radius 2 is 2.00 bits per heavy atom. The number of nitrogens with zero attached hydrogens (tertiary/aromatic N) is 2. The average molecular weight is 422 g/mol. The highest BCUT2D eigenvalue weighted by Crippen LogP contribution is 2.31. The monoisotopic (exact) mass is 421 g/mol. The number of thiazole rings is 1. The summed E-state index contributed by atoms with van der Waals surface area (Å²) in [4.78, 5) is 18.4. The molecule has 3 rings (SSSR count). The Morgan fingerprint density at radius 1 is 1.29 bits per heavy atom. The van der Waals surface area contributed by atoms with Crippen molar-refractivity contribution in [1.29, 1.82) is 0 Å². The minimum atomic E-state index is -3.41. The van der Waals surface area contributed by atoms with Crippen molar-refractivity contribution < 1.29 is 13.2 Å². The highest BCUT2D eigenvalue weighted by atomic mass is 32.2. The minimum absolute atomic E-state index is 0.302. The van der Waals surface area contributed by atoms with E-state index in [1.165, 1.54) is 21.2 Å². The lowest BCUT2D eigenvalue weighted by Gasteiger charge is -2.32. The first-order valence-electron chi connectivity index (χ1n) is 9.64. The molecule has 0 saturated carbocycles. The number of carbonyl (C=O) groups excluding carboxylic acids is 1. The summed E-state index contributed by atoms with van der Waals surface area (Å²) in [5, 5.41) is 3.35. The number of rotatable bonds is 6. The fourth-order valence-electron chi connectivity index (χ4n) is 3.59. The normalized spacial score (nSPS) is 18.2. The number of anilines is 1. The third kappa shape index (κ3) is 4.79. The van der Waals surface area contributed by atoms with E-state index >= 15 is 0 Å². The molecule has 1 aliphatic heterocycles. The number of aryl methyl sites for hydroxylation is 2. The lowest BCUT2D eigenvalue weighted by atomic mass is 10.0. The molecule has 0 radical (unpaired) electrons. The Morgan fingerprint density at radius 3 is 2.64 bits per heavy atom. The van der Waals surface area contributed by atoms with Crippen LogP contribution >= 0.6 is 11.3 Å². The van der Waals surface area contributed by atoms with Crippen molar-refractivity contribution in [1.82, 2.24) is 9.29 Å². The summed E-state index contributed by atoms with van der Waals surface area (Å²) in [5.74, 6) is -0.302. The zero-order valence-corrected chi connectivity index (χ0v) is 18.2. The largest absolute Gasteiger partial charge is 0.301 e. The molecule has 28 heavy (non-hydrogen) atoms. The van der Waals surface area contributed by atoms with Crippen molar-refractivity contribution >= 4 is 32.4 Å². The maximum atomic E-state index is 12.7. The van der Waals surface area contributed by atoms with Crippen LogP contribution in [0.15, 0.2) is 24.3 Å². The molecule has 0 bridgehead atoms. The van der Waals surface area contributed by atoms with Crippen molar-refractivity contribution in [2.75, 3.05) is 18.1 Å². The lowest BCUT2D eigenvalue weighted by Crippen LogP contribution is -2.49. The molecular weight excluding hydrogens is 394 g/mol. The van der Waals surface area contributed by atoms with Gasteiger partial charge in [-0.15, -0.1) is 11.3 Å². The van der Waals surface area contributed by atoms with Crippen LogP contribution in [0.3, 0.4) is 0 Å². The van der Waals surface area contributed by atoms with Gasteiger partial charge < -0.3 is 5.32 Å². The van der Waals surface area contributed by atoms with Gasteiger partial charge in [0.2, 0.25) is 15.9 Å². The second kappa shape index (κ2) is 8.71. The number of aromatic nitrogens is 1. The van der Waals surface area contributed by atoms with Gasteiger partial charge in [-0.2, -0.15) is 4.31 Å². The van der Waals surface area contributed by atoms with E-state index in [1.54, 1.807) is 0 Å². The third-order valence-corrected chi connectivity index (χ3v) is 7.15. The van der Waals surface area contributed by atoms with Crippen molar-refractivity contribution in [3.05, 3.63) is 34.7 Å². The number of hydrogen-bond donors (Lipinski definition) is 1. The van der Waals surface area contributed by atoms with E-state index in [2.05, 4.69) is 41.5 Å². The number of carbonyl (C=O) groups is 1. The molecule has 2 heterocycles. The summed E-state index contributed by atoms with van der Waals surface area (Å²) < 4.78 is 25.3. The van der Waals surface area contributed by atoms with E-state index in [0.29, 0.717) is 18.1 Å². The van der Waals surface area contributed by atoms with E-state index in [-0.39, 0.29) is 5.91 Å². The van der Waals surface area contributed by atoms with Crippen molar-refractivity contribution in [3.8, 4) is 11.3 Å². The summed E-state index contributed by atoms with van der Waals surface area (Å²) in [6.45, 7) is 4.53. The maximum absolute atomic E-state index is 12.7. The lowest BCUT2D eigenvalue weighted by molar-refractivity contribution is -0.120. The SMILES string of the molecule is CCCc1ccc(-c2nc(NC(=O)[C@@H]3CCCCN3S(C)(=O)=O)sc2C)cc1. The molecule has 1 aromatic carbocycles. The molecule has 8 heteroatoms. The number of sulfonamides is 1. The first-order chi connectivity index (χ1) is 13.3. The van der Waals surface area contributed by atoms with E-state index in [9.17, 15) is 13.2 Å². The zero-order chi connectivity index (χ0) is 20.3. The Balaban J connectivity index is 1.76. The molecule has 1 N–H and O–H groups in total. The molecule has 1 amide bonds. The van der Waals surface area contributed by atoms with E-state index < -0.39 is 16.1 Å². The van der Waals surface area contributed by atoms with Gasteiger partial charge >= 0.3 is 0 Å². The predicted octanol–water partition coefficient (Wildman–Crippen LogP) is 3.82. The molecule has 1 fully saturated rings. The molecule has 1 saturated heterocycles. The van der Waals surface area contributed by atoms with Crippen LogP contribution in [0.5, 0.6) is 0 Å². The van der Waals surface area contributed by atoms with Crippen LogP contribution < -0.4 is 5.32 Å². The third-order valence-electron chi connectivity index (χ3n) is 4.98. The van der Waals surface area contributed by atoms with Gasteiger partial charge in [0.05, 0.1) is 11.9 Å². The molecule has 0 spiro atoms. The summed E-state index contributed by atoms with van der Waals surface area (Å²) in [7, 11) is -3.41. The van der Waals surface area contributed by atoms with E-state index in [0.717, 1.165) is 48.1 Å². The van der Waals surface area contributed by atoms with Gasteiger partial charge in [-0.25, -0.2) is 13.4 Å². The fraction of sp³-hybridized carbons (Fsp3) is 0.500. The Kier molecular flexibility index (Phi) is 6.52. The van der Waals surface area contributed by atoms with Crippen molar-refractivity contribution in [3.63, 3.8) is 0 Å². The topological polar surface area (TPSA) is 79.4 Å². The highest BCUT2D eigenvalue weighted by Gasteiger charge is 2.34. The van der Waals surface area contributed by atoms with Gasteiger partial charge in [-0.1, -0.05) is 44.0 Å². The van der Waals surface area contributed by atoms with Crippen molar-refractivity contribution in [2.45, 2.75) is 52.0 Å². The van der Waals surface area contributed by atoms with Crippen LogP contribution in [0.25, 0.3) is 11.3 Å². The van der Waals surface area contributed by atoms with Gasteiger partial charge in [0.25, 0.3) is 0 Å². The summed E-state index contributed by atoms with van der Waals surface area (Å²) >= 11 is 1.41. The molecule has 1 atom stereocenters. The molecule has 0 aliphatic carbocycles. The van der Waals surface area contributed by atoms with Crippen LogP contribution in [0.1, 0.15) is 43.0 Å². The van der Waals surface area contributed by atoms with Gasteiger partial charge in [0.15, 0.2) is 5.13 Å². The number of benzene rings is 1. The standard InChI is InChI=1S/C20H27N3O3S2/c1-4-7-15-9-11-16(12-10-15)18-14(2)27-20(21-18)22-19(24)17-8-5-6-13-23(17)28(3,25)26/h9-12,17H,4-8,13H2,1-3H3,(H,21,22,24)/t17-/m0/s1. The molecule has 6 nitrogen and oxygen atoms in total. The average Bonchev–Trinajstić information content (AvgIpc) is 3.02. The van der Waals surface area contributed by atoms with Crippen LogP contribution in [0.2, 0.25) is 0 Å². The van der Waals surface area contributed by atoms with Gasteiger partial charge in [-0.3, -0.25) is 4.79 Å². The van der Waals surface area contributed by atoms with Gasteiger partial charge in [-0.05, 0) is 31.7 Å². The first kappa shape index (κ1) is 21.0. The second-order valence-electron chi connectivity index (χ2n) is 7.25. The zero-order valence-electron chi connectivity index (χ0n) is 16.6. The molecule has 1 aromatic heterocycles. The Bertz CT molecular complexity index is 936. The molecular formula is C20H27N3O3S2. The Hall–Kier alpha value is -1.77. The van der Waals surface area contributed by atoms with Crippen LogP contribution in [0.4, 0.5) is 5.13 Å². The van der Waals surface area contributed by atoms with Gasteiger partial charge in [0, 0.05) is 17.0 Å². The molecule has 2 aromatic rings. The number of hydrogen-bond acceptors (Lipinski definition) is 5. The maximum Gasteiger partial charge on any atom is 0.244 e. The molecule has 0 unspecified atom stereocenters.